The molecule has 2 aromatic rings. The van der Waals surface area contributed by atoms with Gasteiger partial charge in [-0.15, -0.1) is 10.2 Å². The van der Waals surface area contributed by atoms with E-state index in [2.05, 4.69) is 10.2 Å². The maximum Gasteiger partial charge on any atom is 0.248 e. The predicted molar refractivity (Wildman–Crippen MR) is 85.8 cm³/mol. The first-order valence-electron chi connectivity index (χ1n) is 8.40. The van der Waals surface area contributed by atoms with Gasteiger partial charge in [0.1, 0.15) is 0 Å². The van der Waals surface area contributed by atoms with Crippen LogP contribution in [-0.4, -0.2) is 34.1 Å². The van der Waals surface area contributed by atoms with Gasteiger partial charge in [-0.1, -0.05) is 18.2 Å². The molecule has 1 aliphatic heterocycles. The Hall–Kier alpha value is -2.17. The third-order valence-electron chi connectivity index (χ3n) is 4.82. The van der Waals surface area contributed by atoms with Gasteiger partial charge in [0.25, 0.3) is 0 Å². The second-order valence-corrected chi connectivity index (χ2v) is 6.66. The van der Waals surface area contributed by atoms with E-state index in [0.29, 0.717) is 24.2 Å². The summed E-state index contributed by atoms with van der Waals surface area (Å²) in [4.78, 5) is 14.3. The molecule has 0 radical (unpaired) electrons. The molecule has 1 saturated heterocycles. The molecular weight excluding hydrogens is 290 g/mol. The number of carbonyl (C=O) groups is 1. The Morgan fingerprint density at radius 1 is 1.22 bits per heavy atom. The average molecular weight is 311 g/mol. The van der Waals surface area contributed by atoms with Crippen LogP contribution in [0.4, 0.5) is 0 Å². The molecule has 1 unspecified atom stereocenters. The molecule has 23 heavy (non-hydrogen) atoms. The second-order valence-electron chi connectivity index (χ2n) is 6.66. The van der Waals surface area contributed by atoms with Crippen LogP contribution >= 0.6 is 0 Å². The van der Waals surface area contributed by atoms with E-state index in [4.69, 9.17) is 4.42 Å². The highest BCUT2D eigenvalue weighted by molar-refractivity contribution is 5.81. The molecule has 4 rings (SSSR count). The number of carbonyl (C=O) groups excluding carboxylic acids is 1. The molecule has 0 spiro atoms. The highest BCUT2D eigenvalue weighted by Gasteiger charge is 2.36. The largest absolute Gasteiger partial charge is 0.420 e. The van der Waals surface area contributed by atoms with Gasteiger partial charge < -0.3 is 9.32 Å². The lowest BCUT2D eigenvalue weighted by Crippen LogP contribution is -2.40. The van der Waals surface area contributed by atoms with Crippen molar-refractivity contribution in [2.75, 3.05) is 13.1 Å². The molecule has 2 heterocycles. The van der Waals surface area contributed by atoms with E-state index in [1.165, 1.54) is 0 Å². The topological polar surface area (TPSA) is 59.2 Å². The Labute approximate surface area is 135 Å². The molecule has 1 amide bonds. The van der Waals surface area contributed by atoms with E-state index in [1.54, 1.807) is 0 Å². The SMILES string of the molecule is Cc1ccccc1-c1nnc(C2CCCN(C(=O)C3CC3)C2)o1. The number of nitrogens with zero attached hydrogens (tertiary/aromatic N) is 3. The lowest BCUT2D eigenvalue weighted by atomic mass is 9.97. The van der Waals surface area contributed by atoms with Crippen LogP contribution in [0.15, 0.2) is 28.7 Å². The number of likely N-dealkylation sites (tertiary alicyclic amines) is 1. The summed E-state index contributed by atoms with van der Waals surface area (Å²) in [7, 11) is 0. The van der Waals surface area contributed by atoms with Gasteiger partial charge in [-0.3, -0.25) is 4.79 Å². The standard InChI is InChI=1S/C18H21N3O2/c1-12-5-2-3-7-15(12)17-20-19-16(23-17)14-6-4-10-21(11-14)18(22)13-8-9-13/h2-3,5,7,13-14H,4,6,8-11H2,1H3. The van der Waals surface area contributed by atoms with Gasteiger partial charge in [0.2, 0.25) is 17.7 Å². The zero-order valence-corrected chi connectivity index (χ0v) is 13.4. The second kappa shape index (κ2) is 5.80. The summed E-state index contributed by atoms with van der Waals surface area (Å²) in [6.45, 7) is 3.62. The molecule has 1 aromatic carbocycles. The van der Waals surface area contributed by atoms with Crippen LogP contribution in [0.25, 0.3) is 11.5 Å². The van der Waals surface area contributed by atoms with Crippen molar-refractivity contribution in [3.63, 3.8) is 0 Å². The van der Waals surface area contributed by atoms with Crippen LogP contribution in [0.1, 0.15) is 43.1 Å². The van der Waals surface area contributed by atoms with Gasteiger partial charge in [-0.2, -0.15) is 0 Å². The fraction of sp³-hybridized carbons (Fsp3) is 0.500. The van der Waals surface area contributed by atoms with Crippen molar-refractivity contribution in [2.24, 2.45) is 5.92 Å². The Balaban J connectivity index is 1.52. The fourth-order valence-corrected chi connectivity index (χ4v) is 3.29. The quantitative estimate of drug-likeness (QED) is 0.873. The maximum absolute atomic E-state index is 12.3. The molecular formula is C18H21N3O2. The van der Waals surface area contributed by atoms with E-state index < -0.39 is 0 Å². The maximum atomic E-state index is 12.3. The zero-order chi connectivity index (χ0) is 15.8. The highest BCUT2D eigenvalue weighted by atomic mass is 16.4. The summed E-state index contributed by atoms with van der Waals surface area (Å²) >= 11 is 0. The Morgan fingerprint density at radius 3 is 2.83 bits per heavy atom. The number of aryl methyl sites for hydroxylation is 1. The number of rotatable bonds is 3. The number of aromatic nitrogens is 2. The molecule has 0 bridgehead atoms. The first-order chi connectivity index (χ1) is 11.2. The van der Waals surface area contributed by atoms with E-state index >= 15 is 0 Å². The van der Waals surface area contributed by atoms with Crippen LogP contribution in [0.2, 0.25) is 0 Å². The summed E-state index contributed by atoms with van der Waals surface area (Å²) in [6, 6.07) is 8.01. The summed E-state index contributed by atoms with van der Waals surface area (Å²) < 4.78 is 5.93. The fourth-order valence-electron chi connectivity index (χ4n) is 3.29. The zero-order valence-electron chi connectivity index (χ0n) is 13.4. The molecule has 2 fully saturated rings. The lowest BCUT2D eigenvalue weighted by molar-refractivity contribution is -0.133. The molecule has 5 heteroatoms. The molecule has 1 aliphatic carbocycles. The van der Waals surface area contributed by atoms with Crippen LogP contribution in [-0.2, 0) is 4.79 Å². The predicted octanol–water partition coefficient (Wildman–Crippen LogP) is 3.16. The molecule has 1 saturated carbocycles. The molecule has 120 valence electrons. The lowest BCUT2D eigenvalue weighted by Gasteiger charge is -2.31. The summed E-state index contributed by atoms with van der Waals surface area (Å²) in [6.07, 6.45) is 4.12. The minimum atomic E-state index is 0.164. The van der Waals surface area contributed by atoms with Gasteiger partial charge in [-0.25, -0.2) is 0 Å². The monoisotopic (exact) mass is 311 g/mol. The van der Waals surface area contributed by atoms with Crippen molar-refractivity contribution in [2.45, 2.75) is 38.5 Å². The summed E-state index contributed by atoms with van der Waals surface area (Å²) in [5.41, 5.74) is 2.10. The van der Waals surface area contributed by atoms with Crippen LogP contribution in [0, 0.1) is 12.8 Å². The Bertz CT molecular complexity index is 721. The van der Waals surface area contributed by atoms with E-state index in [-0.39, 0.29) is 11.8 Å². The average Bonchev–Trinajstić information content (AvgIpc) is 3.32. The van der Waals surface area contributed by atoms with Crippen LogP contribution < -0.4 is 0 Å². The Morgan fingerprint density at radius 2 is 2.04 bits per heavy atom. The van der Waals surface area contributed by atoms with Crippen molar-refractivity contribution in [3.8, 4) is 11.5 Å². The minimum Gasteiger partial charge on any atom is -0.420 e. The third kappa shape index (κ3) is 2.87. The van der Waals surface area contributed by atoms with Crippen LogP contribution in [0.5, 0.6) is 0 Å². The van der Waals surface area contributed by atoms with Gasteiger partial charge in [-0.05, 0) is 44.2 Å². The van der Waals surface area contributed by atoms with Crippen molar-refractivity contribution in [3.05, 3.63) is 35.7 Å². The molecule has 1 aromatic heterocycles. The van der Waals surface area contributed by atoms with E-state index in [1.807, 2.05) is 36.1 Å². The van der Waals surface area contributed by atoms with Crippen LogP contribution in [0.3, 0.4) is 0 Å². The molecule has 2 aliphatic rings. The van der Waals surface area contributed by atoms with Gasteiger partial charge in [0.15, 0.2) is 0 Å². The normalized spacial score (nSPS) is 21.4. The molecule has 5 nitrogen and oxygen atoms in total. The summed E-state index contributed by atoms with van der Waals surface area (Å²) in [5.74, 6) is 1.99. The van der Waals surface area contributed by atoms with Gasteiger partial charge in [0.05, 0.1) is 5.92 Å². The number of hydrogen-bond acceptors (Lipinski definition) is 4. The minimum absolute atomic E-state index is 0.164. The van der Waals surface area contributed by atoms with Gasteiger partial charge in [0, 0.05) is 24.6 Å². The van der Waals surface area contributed by atoms with E-state index in [9.17, 15) is 4.79 Å². The molecule has 1 atom stereocenters. The number of amides is 1. The number of hydrogen-bond donors (Lipinski definition) is 0. The summed E-state index contributed by atoms with van der Waals surface area (Å²) in [5, 5.41) is 8.48. The van der Waals surface area contributed by atoms with Crippen molar-refractivity contribution >= 4 is 5.91 Å². The Kier molecular flexibility index (Phi) is 3.63. The highest BCUT2D eigenvalue weighted by Crippen LogP contribution is 2.34. The first kappa shape index (κ1) is 14.4. The third-order valence-corrected chi connectivity index (χ3v) is 4.82. The van der Waals surface area contributed by atoms with Gasteiger partial charge >= 0.3 is 0 Å². The van der Waals surface area contributed by atoms with Crippen molar-refractivity contribution in [1.82, 2.24) is 15.1 Å². The van der Waals surface area contributed by atoms with E-state index in [0.717, 1.165) is 43.4 Å². The molecule has 0 N–H and O–H groups in total. The number of piperidine rings is 1. The van der Waals surface area contributed by atoms with Crippen molar-refractivity contribution in [1.29, 1.82) is 0 Å². The first-order valence-corrected chi connectivity index (χ1v) is 8.40. The smallest absolute Gasteiger partial charge is 0.248 e. The number of benzene rings is 1. The van der Waals surface area contributed by atoms with Crippen molar-refractivity contribution < 1.29 is 9.21 Å².